The van der Waals surface area contributed by atoms with Gasteiger partial charge in [0, 0.05) is 53.6 Å². The Morgan fingerprint density at radius 2 is 1.79 bits per heavy atom. The highest BCUT2D eigenvalue weighted by atomic mass is 35.5. The van der Waals surface area contributed by atoms with Gasteiger partial charge in [-0.1, -0.05) is 29.3 Å². The summed E-state index contributed by atoms with van der Waals surface area (Å²) in [5, 5.41) is 6.89. The number of nitrogens with zero attached hydrogens (tertiary/aromatic N) is 5. The van der Waals surface area contributed by atoms with Crippen molar-refractivity contribution in [2.24, 2.45) is 0 Å². The molecule has 3 aliphatic rings. The zero-order valence-corrected chi connectivity index (χ0v) is 32.2. The Morgan fingerprint density at radius 3 is 2.56 bits per heavy atom. The van der Waals surface area contributed by atoms with Crippen LogP contribution in [0.2, 0.25) is 10.0 Å². The molecule has 5 heterocycles. The normalized spacial score (nSPS) is 17.8. The Bertz CT molecular complexity index is 2250. The van der Waals surface area contributed by atoms with Gasteiger partial charge in [-0.05, 0) is 56.5 Å². The van der Waals surface area contributed by atoms with Crippen molar-refractivity contribution in [3.8, 4) is 22.6 Å². The molecule has 2 saturated heterocycles. The fourth-order valence-corrected chi connectivity index (χ4v) is 7.85. The van der Waals surface area contributed by atoms with E-state index in [0.717, 1.165) is 10.5 Å². The number of halogens is 3. The van der Waals surface area contributed by atoms with E-state index in [4.69, 9.17) is 43.1 Å². The Morgan fingerprint density at radius 1 is 1.00 bits per heavy atom. The molecule has 4 aromatic rings. The van der Waals surface area contributed by atoms with Crippen LogP contribution in [0.1, 0.15) is 77.5 Å². The third-order valence-electron chi connectivity index (χ3n) is 10.2. The number of carbonyl (C=O) groups excluding carboxylic acids is 5. The van der Waals surface area contributed by atoms with Crippen molar-refractivity contribution in [3.63, 3.8) is 0 Å². The van der Waals surface area contributed by atoms with Crippen LogP contribution in [0.25, 0.3) is 11.1 Å². The summed E-state index contributed by atoms with van der Waals surface area (Å²) in [6.45, 7) is 3.14. The van der Waals surface area contributed by atoms with Crippen molar-refractivity contribution in [2.45, 2.75) is 57.2 Å². The summed E-state index contributed by atoms with van der Waals surface area (Å²) in [5.74, 6) is -2.46. The summed E-state index contributed by atoms with van der Waals surface area (Å²) in [6.07, 6.45) is 6.18. The average Bonchev–Trinajstić information content (AvgIpc) is 3.79. The Balaban J connectivity index is 0.851. The van der Waals surface area contributed by atoms with Crippen LogP contribution >= 0.6 is 23.2 Å². The van der Waals surface area contributed by atoms with Gasteiger partial charge in [-0.25, -0.2) is 9.37 Å². The summed E-state index contributed by atoms with van der Waals surface area (Å²) in [7, 11) is 0. The number of hydrogen-bond acceptors (Lipinski definition) is 11. The lowest BCUT2D eigenvalue weighted by atomic mass is 10.0. The van der Waals surface area contributed by atoms with Gasteiger partial charge in [0.1, 0.15) is 30.3 Å². The number of piperidine rings is 2. The molecule has 18 heteroatoms. The van der Waals surface area contributed by atoms with Gasteiger partial charge in [0.2, 0.25) is 17.7 Å². The number of rotatable bonds is 13. The fourth-order valence-electron chi connectivity index (χ4n) is 7.17. The second-order valence-corrected chi connectivity index (χ2v) is 14.6. The molecule has 5 amide bonds. The molecule has 2 aromatic carbocycles. The van der Waals surface area contributed by atoms with E-state index in [0.29, 0.717) is 37.1 Å². The lowest BCUT2D eigenvalue weighted by molar-refractivity contribution is -0.136. The molecule has 2 unspecified atom stereocenters. The number of ether oxygens (including phenoxy) is 3. The standard InChI is InChI=1S/C39H38Cl2FN7O8/c1-21(33-26(40)5-6-27(42)35(33)41)57-30-17-22(18-44-36(30)43)23-19-45-48(20-23)24-9-12-47(13-10-24)32(51)11-14-55-15-16-56-29-4-2-3-25-34(29)39(54)49(38(25)53)28-7-8-31(50)46-37(28)52/h2-6,17-21,24,28H,7-16H2,1H3,(H2,43,44)(H,46,50,52). The van der Waals surface area contributed by atoms with Crippen LogP contribution in [0.3, 0.4) is 0 Å². The van der Waals surface area contributed by atoms with E-state index >= 15 is 0 Å². The first kappa shape index (κ1) is 39.6. The summed E-state index contributed by atoms with van der Waals surface area (Å²) in [5.41, 5.74) is 8.08. The van der Waals surface area contributed by atoms with Gasteiger partial charge in [0.05, 0.1) is 48.0 Å². The van der Waals surface area contributed by atoms with E-state index < -0.39 is 41.6 Å². The minimum atomic E-state index is -1.07. The van der Waals surface area contributed by atoms with Crippen LogP contribution in [0.15, 0.2) is 55.0 Å². The maximum atomic E-state index is 14.1. The quantitative estimate of drug-likeness (QED) is 0.103. The maximum absolute atomic E-state index is 14.1. The van der Waals surface area contributed by atoms with Gasteiger partial charge in [-0.3, -0.25) is 38.9 Å². The van der Waals surface area contributed by atoms with Crippen LogP contribution in [0.4, 0.5) is 10.2 Å². The molecule has 57 heavy (non-hydrogen) atoms. The van der Waals surface area contributed by atoms with Crippen molar-refractivity contribution in [2.75, 3.05) is 38.6 Å². The van der Waals surface area contributed by atoms with E-state index in [1.54, 1.807) is 42.4 Å². The van der Waals surface area contributed by atoms with Crippen LogP contribution in [-0.4, -0.2) is 93.1 Å². The van der Waals surface area contributed by atoms with E-state index in [1.807, 2.05) is 10.9 Å². The highest BCUT2D eigenvalue weighted by Gasteiger charge is 2.46. The first-order valence-corrected chi connectivity index (χ1v) is 19.1. The Kier molecular flexibility index (Phi) is 11.7. The molecule has 0 bridgehead atoms. The topological polar surface area (TPSA) is 188 Å². The number of anilines is 1. The molecule has 0 aliphatic carbocycles. The maximum Gasteiger partial charge on any atom is 0.266 e. The number of amides is 5. The molecule has 0 radical (unpaired) electrons. The number of nitrogens with one attached hydrogen (secondary N) is 1. The van der Waals surface area contributed by atoms with E-state index in [2.05, 4.69) is 15.4 Å². The van der Waals surface area contributed by atoms with Gasteiger partial charge in [-0.15, -0.1) is 0 Å². The molecule has 298 valence electrons. The minimum absolute atomic E-state index is 0.0247. The molecule has 3 N–H and O–H groups in total. The first-order valence-electron chi connectivity index (χ1n) is 18.3. The largest absolute Gasteiger partial charge is 0.490 e. The summed E-state index contributed by atoms with van der Waals surface area (Å²) >= 11 is 12.5. The number of fused-ring (bicyclic) bond motifs is 1. The van der Waals surface area contributed by atoms with E-state index in [1.165, 1.54) is 18.2 Å². The zero-order valence-electron chi connectivity index (χ0n) is 30.7. The van der Waals surface area contributed by atoms with Crippen molar-refractivity contribution in [1.82, 2.24) is 29.9 Å². The highest BCUT2D eigenvalue weighted by molar-refractivity contribution is 6.36. The number of nitrogens with two attached hydrogens (primary N) is 1. The van der Waals surface area contributed by atoms with Gasteiger partial charge in [0.25, 0.3) is 11.8 Å². The molecule has 0 saturated carbocycles. The lowest BCUT2D eigenvalue weighted by Gasteiger charge is -2.32. The van der Waals surface area contributed by atoms with Crippen molar-refractivity contribution in [3.05, 3.63) is 87.5 Å². The Hall–Kier alpha value is -5.58. The Labute approximate surface area is 336 Å². The smallest absolute Gasteiger partial charge is 0.266 e. The molecule has 15 nitrogen and oxygen atoms in total. The number of carbonyl (C=O) groups is 5. The summed E-state index contributed by atoms with van der Waals surface area (Å²) in [6, 6.07) is 7.96. The SMILES string of the molecule is CC(Oc1cc(-c2cnn(C3CCN(C(=O)CCOCCOc4cccc5c4C(=O)N(C4CCC(=O)NC4=O)C5=O)CC3)c2)cnc1N)c1c(Cl)ccc(F)c1Cl. The second-order valence-electron chi connectivity index (χ2n) is 13.8. The second kappa shape index (κ2) is 16.9. The molecular weight excluding hydrogens is 784 g/mol. The van der Waals surface area contributed by atoms with E-state index in [9.17, 15) is 28.4 Å². The number of imide groups is 2. The molecule has 2 atom stereocenters. The third kappa shape index (κ3) is 8.29. The van der Waals surface area contributed by atoms with Crippen molar-refractivity contribution in [1.29, 1.82) is 0 Å². The number of likely N-dealkylation sites (tertiary alicyclic amines) is 1. The minimum Gasteiger partial charge on any atom is -0.490 e. The molecule has 3 aliphatic heterocycles. The molecule has 2 fully saturated rings. The van der Waals surface area contributed by atoms with Crippen molar-refractivity contribution < 1.29 is 42.6 Å². The number of hydrogen-bond donors (Lipinski definition) is 2. The van der Waals surface area contributed by atoms with Crippen molar-refractivity contribution >= 4 is 58.6 Å². The van der Waals surface area contributed by atoms with Gasteiger partial charge in [-0.2, -0.15) is 5.10 Å². The lowest BCUT2D eigenvalue weighted by Crippen LogP contribution is -2.54. The predicted molar refractivity (Wildman–Crippen MR) is 204 cm³/mol. The fraction of sp³-hybridized carbons (Fsp3) is 0.359. The van der Waals surface area contributed by atoms with Crippen LogP contribution < -0.4 is 20.5 Å². The highest BCUT2D eigenvalue weighted by Crippen LogP contribution is 2.38. The third-order valence-corrected chi connectivity index (χ3v) is 10.9. The number of pyridine rings is 1. The number of nitrogen functional groups attached to an aromatic ring is 1. The number of benzene rings is 2. The summed E-state index contributed by atoms with van der Waals surface area (Å²) in [4.78, 5) is 70.2. The monoisotopic (exact) mass is 821 g/mol. The van der Waals surface area contributed by atoms with Crippen LogP contribution in [-0.2, 0) is 19.1 Å². The zero-order chi connectivity index (χ0) is 40.4. The van der Waals surface area contributed by atoms with Gasteiger partial charge >= 0.3 is 0 Å². The van der Waals surface area contributed by atoms with Crippen LogP contribution in [0.5, 0.6) is 11.5 Å². The molecule has 2 aromatic heterocycles. The van der Waals surface area contributed by atoms with Gasteiger partial charge < -0.3 is 24.8 Å². The molecule has 7 rings (SSSR count). The predicted octanol–water partition coefficient (Wildman–Crippen LogP) is 5.16. The molecule has 0 spiro atoms. The average molecular weight is 823 g/mol. The first-order chi connectivity index (χ1) is 27.4. The number of aromatic nitrogens is 3. The summed E-state index contributed by atoms with van der Waals surface area (Å²) < 4.78 is 33.5. The van der Waals surface area contributed by atoms with Crippen LogP contribution in [0, 0.1) is 5.82 Å². The van der Waals surface area contributed by atoms with E-state index in [-0.39, 0.29) is 89.5 Å². The van der Waals surface area contributed by atoms with Gasteiger partial charge in [0.15, 0.2) is 11.6 Å². The molecular formula is C39H38Cl2FN7O8.